The van der Waals surface area contributed by atoms with Crippen molar-refractivity contribution in [1.29, 1.82) is 0 Å². The number of aromatic nitrogens is 2. The van der Waals surface area contributed by atoms with Gasteiger partial charge < -0.3 is 14.8 Å². The zero-order chi connectivity index (χ0) is 22.0. The number of nitrogens with one attached hydrogen (secondary N) is 1. The number of carbonyl (C=O) groups excluding carboxylic acids is 1. The molecule has 162 valence electrons. The van der Waals surface area contributed by atoms with Gasteiger partial charge in [0.25, 0.3) is 0 Å². The molecule has 9 heteroatoms. The summed E-state index contributed by atoms with van der Waals surface area (Å²) in [5.41, 5.74) is 0.615. The molecule has 4 rings (SSSR count). The number of benzene rings is 2. The normalized spacial score (nSPS) is 16.5. The molecule has 3 aromatic rings. The number of halogens is 4. The molecule has 0 saturated carbocycles. The SMILES string of the molecule is O=C(Nc1ccc(C(F)(F)F)cc1)N1CCC[C@@H]1c1nccn1Cc1ccc(Cl)cc1. The summed E-state index contributed by atoms with van der Waals surface area (Å²) in [6.45, 7) is 1.14. The number of imidazole rings is 1. The van der Waals surface area contributed by atoms with Gasteiger partial charge in [-0.1, -0.05) is 23.7 Å². The summed E-state index contributed by atoms with van der Waals surface area (Å²) in [4.78, 5) is 19.0. The highest BCUT2D eigenvalue weighted by Crippen LogP contribution is 2.33. The van der Waals surface area contributed by atoms with Crippen LogP contribution in [0, 0.1) is 0 Å². The van der Waals surface area contributed by atoms with Crippen molar-refractivity contribution in [1.82, 2.24) is 14.5 Å². The number of rotatable bonds is 4. The number of nitrogens with zero attached hydrogens (tertiary/aromatic N) is 3. The number of hydrogen-bond acceptors (Lipinski definition) is 2. The first-order chi connectivity index (χ1) is 14.8. The third-order valence-corrected chi connectivity index (χ3v) is 5.54. The Morgan fingerprint density at radius 1 is 1.13 bits per heavy atom. The topological polar surface area (TPSA) is 50.2 Å². The average Bonchev–Trinajstić information content (AvgIpc) is 3.38. The molecule has 0 bridgehead atoms. The molecule has 0 spiro atoms. The van der Waals surface area contributed by atoms with Crippen LogP contribution in [-0.4, -0.2) is 27.0 Å². The quantitative estimate of drug-likeness (QED) is 0.534. The van der Waals surface area contributed by atoms with Crippen LogP contribution >= 0.6 is 11.6 Å². The fourth-order valence-corrected chi connectivity index (χ4v) is 3.88. The standard InChI is InChI=1S/C22H20ClF3N4O/c23-17-7-3-15(4-8-17)14-29-13-11-27-20(29)19-2-1-12-30(19)21(31)28-18-9-5-16(6-10-18)22(24,25)26/h3-11,13,19H,1-2,12,14H2,(H,28,31)/t19-/m1/s1. The maximum Gasteiger partial charge on any atom is 0.416 e. The number of urea groups is 1. The molecule has 2 aromatic carbocycles. The predicted molar refractivity (Wildman–Crippen MR) is 112 cm³/mol. The lowest BCUT2D eigenvalue weighted by Crippen LogP contribution is -2.35. The molecule has 0 radical (unpaired) electrons. The molecular weight excluding hydrogens is 429 g/mol. The molecule has 1 N–H and O–H groups in total. The second-order valence-electron chi connectivity index (χ2n) is 7.40. The van der Waals surface area contributed by atoms with Crippen LogP contribution in [0.3, 0.4) is 0 Å². The first-order valence-electron chi connectivity index (χ1n) is 9.81. The Labute approximate surface area is 182 Å². The molecule has 5 nitrogen and oxygen atoms in total. The van der Waals surface area contributed by atoms with E-state index >= 15 is 0 Å². The zero-order valence-corrected chi connectivity index (χ0v) is 17.2. The first kappa shape index (κ1) is 21.2. The minimum Gasteiger partial charge on any atom is -0.329 e. The van der Waals surface area contributed by atoms with Crippen LogP contribution < -0.4 is 5.32 Å². The first-order valence-corrected chi connectivity index (χ1v) is 10.2. The average molecular weight is 449 g/mol. The van der Waals surface area contributed by atoms with Gasteiger partial charge >= 0.3 is 12.2 Å². The molecular formula is C22H20ClF3N4O. The van der Waals surface area contributed by atoms with Crippen molar-refractivity contribution >= 4 is 23.3 Å². The lowest BCUT2D eigenvalue weighted by Gasteiger charge is -2.25. The van der Waals surface area contributed by atoms with Gasteiger partial charge in [-0.05, 0) is 54.8 Å². The van der Waals surface area contributed by atoms with E-state index in [1.807, 2.05) is 35.0 Å². The summed E-state index contributed by atoms with van der Waals surface area (Å²) in [5, 5.41) is 3.36. The molecule has 1 saturated heterocycles. The minimum atomic E-state index is -4.41. The van der Waals surface area contributed by atoms with E-state index in [1.165, 1.54) is 12.1 Å². The van der Waals surface area contributed by atoms with E-state index in [4.69, 9.17) is 11.6 Å². The largest absolute Gasteiger partial charge is 0.416 e. The van der Waals surface area contributed by atoms with E-state index in [9.17, 15) is 18.0 Å². The smallest absolute Gasteiger partial charge is 0.329 e. The minimum absolute atomic E-state index is 0.211. The van der Waals surface area contributed by atoms with Crippen molar-refractivity contribution in [2.24, 2.45) is 0 Å². The highest BCUT2D eigenvalue weighted by atomic mass is 35.5. The van der Waals surface area contributed by atoms with Gasteiger partial charge in [0.2, 0.25) is 0 Å². The number of amides is 2. The predicted octanol–water partition coefficient (Wildman–Crippen LogP) is 5.97. The lowest BCUT2D eigenvalue weighted by molar-refractivity contribution is -0.137. The molecule has 0 unspecified atom stereocenters. The molecule has 2 amide bonds. The molecule has 1 aliphatic heterocycles. The van der Waals surface area contributed by atoms with Crippen LogP contribution in [0.4, 0.5) is 23.7 Å². The van der Waals surface area contributed by atoms with Gasteiger partial charge in [0.1, 0.15) is 5.82 Å². The summed E-state index contributed by atoms with van der Waals surface area (Å²) in [6.07, 6.45) is 0.741. The van der Waals surface area contributed by atoms with Crippen molar-refractivity contribution in [3.05, 3.63) is 82.9 Å². The second kappa shape index (κ2) is 8.63. The van der Waals surface area contributed by atoms with Crippen LogP contribution in [0.2, 0.25) is 5.02 Å². The Kier molecular flexibility index (Phi) is 5.91. The molecule has 1 aromatic heterocycles. The van der Waals surface area contributed by atoms with Crippen molar-refractivity contribution < 1.29 is 18.0 Å². The van der Waals surface area contributed by atoms with Gasteiger partial charge in [-0.2, -0.15) is 13.2 Å². The Balaban J connectivity index is 1.47. The van der Waals surface area contributed by atoms with Crippen LogP contribution in [0.25, 0.3) is 0 Å². The highest BCUT2D eigenvalue weighted by molar-refractivity contribution is 6.30. The van der Waals surface area contributed by atoms with Gasteiger partial charge in [-0.25, -0.2) is 9.78 Å². The van der Waals surface area contributed by atoms with E-state index in [2.05, 4.69) is 10.3 Å². The van der Waals surface area contributed by atoms with Crippen LogP contribution in [0.5, 0.6) is 0 Å². The van der Waals surface area contributed by atoms with E-state index in [1.54, 1.807) is 11.1 Å². The Bertz CT molecular complexity index is 1050. The monoisotopic (exact) mass is 448 g/mol. The molecule has 31 heavy (non-hydrogen) atoms. The lowest BCUT2D eigenvalue weighted by atomic mass is 10.2. The number of anilines is 1. The molecule has 0 aliphatic carbocycles. The fraction of sp³-hybridized carbons (Fsp3) is 0.273. The molecule has 1 aliphatic rings. The van der Waals surface area contributed by atoms with E-state index in [-0.39, 0.29) is 12.1 Å². The summed E-state index contributed by atoms with van der Waals surface area (Å²) in [7, 11) is 0. The number of alkyl halides is 3. The number of likely N-dealkylation sites (tertiary alicyclic amines) is 1. The van der Waals surface area contributed by atoms with Crippen molar-refractivity contribution in [3.63, 3.8) is 0 Å². The maximum atomic E-state index is 12.9. The Hall–Kier alpha value is -3.00. The highest BCUT2D eigenvalue weighted by Gasteiger charge is 2.33. The van der Waals surface area contributed by atoms with Gasteiger partial charge in [0.15, 0.2) is 0 Å². The second-order valence-corrected chi connectivity index (χ2v) is 7.83. The third kappa shape index (κ3) is 4.85. The van der Waals surface area contributed by atoms with Crippen LogP contribution in [0.1, 0.15) is 35.8 Å². The molecule has 1 fully saturated rings. The fourth-order valence-electron chi connectivity index (χ4n) is 3.75. The summed E-state index contributed by atoms with van der Waals surface area (Å²) in [6, 6.07) is 11.4. The van der Waals surface area contributed by atoms with Crippen LogP contribution in [-0.2, 0) is 12.7 Å². The van der Waals surface area contributed by atoms with E-state index in [0.29, 0.717) is 23.8 Å². The Morgan fingerprint density at radius 3 is 2.52 bits per heavy atom. The van der Waals surface area contributed by atoms with Gasteiger partial charge in [-0.15, -0.1) is 0 Å². The summed E-state index contributed by atoms with van der Waals surface area (Å²) >= 11 is 5.95. The maximum absolute atomic E-state index is 12.9. The number of carbonyl (C=O) groups is 1. The van der Waals surface area contributed by atoms with E-state index in [0.717, 1.165) is 36.4 Å². The number of hydrogen-bond donors (Lipinski definition) is 1. The third-order valence-electron chi connectivity index (χ3n) is 5.29. The summed E-state index contributed by atoms with van der Waals surface area (Å²) < 4.78 is 40.2. The van der Waals surface area contributed by atoms with Gasteiger partial charge in [0.05, 0.1) is 11.6 Å². The molecule has 1 atom stereocenters. The van der Waals surface area contributed by atoms with Gasteiger partial charge in [-0.3, -0.25) is 0 Å². The zero-order valence-electron chi connectivity index (χ0n) is 16.4. The van der Waals surface area contributed by atoms with Crippen molar-refractivity contribution in [2.45, 2.75) is 31.6 Å². The summed E-state index contributed by atoms with van der Waals surface area (Å²) in [5.74, 6) is 0.773. The van der Waals surface area contributed by atoms with Gasteiger partial charge in [0, 0.05) is 36.2 Å². The van der Waals surface area contributed by atoms with E-state index < -0.39 is 11.7 Å². The Morgan fingerprint density at radius 2 is 1.84 bits per heavy atom. The molecule has 2 heterocycles. The van der Waals surface area contributed by atoms with Crippen molar-refractivity contribution in [2.75, 3.05) is 11.9 Å². The van der Waals surface area contributed by atoms with Crippen molar-refractivity contribution in [3.8, 4) is 0 Å². The van der Waals surface area contributed by atoms with Crippen LogP contribution in [0.15, 0.2) is 60.9 Å².